The number of carbonyl (C=O) groups is 1. The number of rotatable bonds is 7. The van der Waals surface area contributed by atoms with Gasteiger partial charge in [0.25, 0.3) is 5.91 Å². The van der Waals surface area contributed by atoms with Crippen LogP contribution in [0.1, 0.15) is 16.8 Å². The highest BCUT2D eigenvalue weighted by Gasteiger charge is 2.22. The first kappa shape index (κ1) is 19.3. The standard InChI is InChI=1S/C20H22FN3O2S/c1-23(2)11-6-12-24(19(25)14-7-4-8-15(21)13-14)20-22-18-16(26-3)9-5-10-17(18)27-20/h4-5,7-10,13H,6,11-12H2,1-3H3. The van der Waals surface area contributed by atoms with Crippen LogP contribution >= 0.6 is 11.3 Å². The molecule has 1 heterocycles. The second-order valence-electron chi connectivity index (χ2n) is 6.43. The van der Waals surface area contributed by atoms with Crippen molar-refractivity contribution < 1.29 is 13.9 Å². The van der Waals surface area contributed by atoms with Gasteiger partial charge < -0.3 is 9.64 Å². The minimum absolute atomic E-state index is 0.258. The average Bonchev–Trinajstić information content (AvgIpc) is 3.08. The number of thiazole rings is 1. The van der Waals surface area contributed by atoms with Gasteiger partial charge in [-0.3, -0.25) is 9.69 Å². The first-order chi connectivity index (χ1) is 13.0. The molecule has 3 aromatic rings. The third kappa shape index (κ3) is 4.43. The molecule has 27 heavy (non-hydrogen) atoms. The Balaban J connectivity index is 1.97. The Bertz CT molecular complexity index is 942. The molecule has 0 radical (unpaired) electrons. The van der Waals surface area contributed by atoms with Crippen LogP contribution in [0.25, 0.3) is 10.2 Å². The van der Waals surface area contributed by atoms with Gasteiger partial charge in [0, 0.05) is 12.1 Å². The lowest BCUT2D eigenvalue weighted by Crippen LogP contribution is -2.33. The first-order valence-corrected chi connectivity index (χ1v) is 9.47. The Hall–Kier alpha value is -2.51. The van der Waals surface area contributed by atoms with Crippen LogP contribution in [-0.4, -0.2) is 50.1 Å². The maximum Gasteiger partial charge on any atom is 0.260 e. The van der Waals surface area contributed by atoms with Gasteiger partial charge in [0.15, 0.2) is 5.13 Å². The number of fused-ring (bicyclic) bond motifs is 1. The van der Waals surface area contributed by atoms with E-state index in [-0.39, 0.29) is 5.91 Å². The van der Waals surface area contributed by atoms with Gasteiger partial charge in [-0.1, -0.05) is 23.5 Å². The second-order valence-corrected chi connectivity index (χ2v) is 7.44. The quantitative estimate of drug-likeness (QED) is 0.614. The van der Waals surface area contributed by atoms with E-state index in [1.807, 2.05) is 32.3 Å². The molecule has 0 aliphatic heterocycles. The molecule has 1 amide bonds. The van der Waals surface area contributed by atoms with Crippen LogP contribution in [0.15, 0.2) is 42.5 Å². The van der Waals surface area contributed by atoms with Crippen molar-refractivity contribution in [3.63, 3.8) is 0 Å². The predicted octanol–water partition coefficient (Wildman–Crippen LogP) is 4.04. The van der Waals surface area contributed by atoms with Crippen LogP contribution in [0.2, 0.25) is 0 Å². The summed E-state index contributed by atoms with van der Waals surface area (Å²) in [4.78, 5) is 21.4. The van der Waals surface area contributed by atoms with Crippen molar-refractivity contribution in [2.24, 2.45) is 0 Å². The molecule has 0 bridgehead atoms. The number of hydrogen-bond donors (Lipinski definition) is 0. The summed E-state index contributed by atoms with van der Waals surface area (Å²) in [5.41, 5.74) is 1.04. The Kier molecular flexibility index (Phi) is 6.03. The van der Waals surface area contributed by atoms with E-state index in [2.05, 4.69) is 9.88 Å². The molecule has 0 saturated carbocycles. The predicted molar refractivity (Wildman–Crippen MR) is 107 cm³/mol. The van der Waals surface area contributed by atoms with Gasteiger partial charge in [0.1, 0.15) is 17.1 Å². The van der Waals surface area contributed by atoms with E-state index < -0.39 is 5.82 Å². The molecule has 2 aromatic carbocycles. The van der Waals surface area contributed by atoms with E-state index in [9.17, 15) is 9.18 Å². The van der Waals surface area contributed by atoms with Crippen molar-refractivity contribution >= 4 is 32.6 Å². The number of benzene rings is 2. The first-order valence-electron chi connectivity index (χ1n) is 8.65. The summed E-state index contributed by atoms with van der Waals surface area (Å²) >= 11 is 1.43. The third-order valence-electron chi connectivity index (χ3n) is 4.13. The lowest BCUT2D eigenvalue weighted by molar-refractivity contribution is 0.0985. The van der Waals surface area contributed by atoms with Crippen molar-refractivity contribution in [3.8, 4) is 5.75 Å². The summed E-state index contributed by atoms with van der Waals surface area (Å²) in [5, 5.41) is 0.586. The summed E-state index contributed by atoms with van der Waals surface area (Å²) in [6.45, 7) is 1.33. The Labute approximate surface area is 162 Å². The number of anilines is 1. The normalized spacial score (nSPS) is 11.1. The van der Waals surface area contributed by atoms with E-state index in [1.54, 1.807) is 24.1 Å². The van der Waals surface area contributed by atoms with E-state index in [1.165, 1.54) is 23.5 Å². The smallest absolute Gasteiger partial charge is 0.260 e. The molecule has 0 spiro atoms. The molecular formula is C20H22FN3O2S. The number of amides is 1. The number of nitrogens with zero attached hydrogens (tertiary/aromatic N) is 3. The van der Waals surface area contributed by atoms with Crippen LogP contribution in [0.5, 0.6) is 5.75 Å². The van der Waals surface area contributed by atoms with Gasteiger partial charge in [-0.05, 0) is 57.4 Å². The molecule has 0 aliphatic carbocycles. The molecule has 142 valence electrons. The van der Waals surface area contributed by atoms with Gasteiger partial charge in [0.05, 0.1) is 11.8 Å². The third-order valence-corrected chi connectivity index (χ3v) is 5.17. The van der Waals surface area contributed by atoms with Crippen LogP contribution in [0.3, 0.4) is 0 Å². The van der Waals surface area contributed by atoms with Crippen molar-refractivity contribution in [1.29, 1.82) is 0 Å². The summed E-state index contributed by atoms with van der Waals surface area (Å²) in [6, 6.07) is 11.4. The van der Waals surface area contributed by atoms with Gasteiger partial charge in [-0.25, -0.2) is 9.37 Å². The van der Waals surface area contributed by atoms with Gasteiger partial charge in [-0.15, -0.1) is 0 Å². The Morgan fingerprint density at radius 1 is 1.19 bits per heavy atom. The zero-order valence-corrected chi connectivity index (χ0v) is 16.4. The fraction of sp³-hybridized carbons (Fsp3) is 0.300. The molecule has 0 atom stereocenters. The van der Waals surface area contributed by atoms with Crippen molar-refractivity contribution in [2.75, 3.05) is 39.2 Å². The molecule has 0 fully saturated rings. The molecule has 0 N–H and O–H groups in total. The summed E-state index contributed by atoms with van der Waals surface area (Å²) in [7, 11) is 5.57. The highest BCUT2D eigenvalue weighted by atomic mass is 32.1. The minimum atomic E-state index is -0.430. The molecule has 1 aromatic heterocycles. The Morgan fingerprint density at radius 2 is 1.96 bits per heavy atom. The minimum Gasteiger partial charge on any atom is -0.494 e. The van der Waals surface area contributed by atoms with Gasteiger partial charge in [-0.2, -0.15) is 0 Å². The summed E-state index contributed by atoms with van der Waals surface area (Å²) in [6.07, 6.45) is 0.779. The fourth-order valence-corrected chi connectivity index (χ4v) is 3.81. The van der Waals surface area contributed by atoms with E-state index in [4.69, 9.17) is 4.74 Å². The fourth-order valence-electron chi connectivity index (χ4n) is 2.80. The lowest BCUT2D eigenvalue weighted by Gasteiger charge is -2.21. The molecule has 0 saturated heterocycles. The Morgan fingerprint density at radius 3 is 2.67 bits per heavy atom. The number of para-hydroxylation sites is 1. The summed E-state index contributed by atoms with van der Waals surface area (Å²) < 4.78 is 19.9. The van der Waals surface area contributed by atoms with Crippen molar-refractivity contribution in [2.45, 2.75) is 6.42 Å². The van der Waals surface area contributed by atoms with Crippen LogP contribution < -0.4 is 9.64 Å². The number of hydrogen-bond acceptors (Lipinski definition) is 5. The molecule has 0 aliphatic rings. The maximum atomic E-state index is 13.6. The molecule has 5 nitrogen and oxygen atoms in total. The van der Waals surface area contributed by atoms with Crippen LogP contribution in [-0.2, 0) is 0 Å². The van der Waals surface area contributed by atoms with Crippen molar-refractivity contribution in [1.82, 2.24) is 9.88 Å². The highest BCUT2D eigenvalue weighted by Crippen LogP contribution is 2.34. The molecular weight excluding hydrogens is 365 g/mol. The van der Waals surface area contributed by atoms with Gasteiger partial charge in [0.2, 0.25) is 0 Å². The SMILES string of the molecule is COc1cccc2sc(N(CCCN(C)C)C(=O)c3cccc(F)c3)nc12. The lowest BCUT2D eigenvalue weighted by atomic mass is 10.2. The number of ether oxygens (including phenoxy) is 1. The zero-order chi connectivity index (χ0) is 19.4. The number of carbonyl (C=O) groups excluding carboxylic acids is 1. The summed E-state index contributed by atoms with van der Waals surface area (Å²) in [5.74, 6) is -0.0206. The molecule has 3 rings (SSSR count). The van der Waals surface area contributed by atoms with Crippen LogP contribution in [0.4, 0.5) is 9.52 Å². The highest BCUT2D eigenvalue weighted by molar-refractivity contribution is 7.22. The monoisotopic (exact) mass is 387 g/mol. The van der Waals surface area contributed by atoms with E-state index in [0.29, 0.717) is 23.0 Å². The average molecular weight is 387 g/mol. The second kappa shape index (κ2) is 8.45. The maximum absolute atomic E-state index is 13.6. The largest absolute Gasteiger partial charge is 0.494 e. The topological polar surface area (TPSA) is 45.7 Å². The number of aromatic nitrogens is 1. The van der Waals surface area contributed by atoms with Crippen molar-refractivity contribution in [3.05, 3.63) is 53.8 Å². The number of halogens is 1. The number of methoxy groups -OCH3 is 1. The molecule has 0 unspecified atom stereocenters. The molecule has 7 heteroatoms. The van der Waals surface area contributed by atoms with Crippen LogP contribution in [0, 0.1) is 5.82 Å². The zero-order valence-electron chi connectivity index (χ0n) is 15.6. The van der Waals surface area contributed by atoms with Gasteiger partial charge >= 0.3 is 0 Å². The van der Waals surface area contributed by atoms with E-state index >= 15 is 0 Å². The van der Waals surface area contributed by atoms with E-state index in [0.717, 1.165) is 23.2 Å².